The van der Waals surface area contributed by atoms with Crippen molar-refractivity contribution in [3.05, 3.63) is 0 Å². The second kappa shape index (κ2) is 3.38. The lowest BCUT2D eigenvalue weighted by Crippen LogP contribution is -2.60. The minimum Gasteiger partial charge on any atom is -0.370 e. The van der Waals surface area contributed by atoms with Gasteiger partial charge in [0.2, 0.25) is 0 Å². The molecular weight excluding hydrogens is 198 g/mol. The van der Waals surface area contributed by atoms with E-state index in [-0.39, 0.29) is 0 Å². The molecule has 2 aliphatic carbocycles. The summed E-state index contributed by atoms with van der Waals surface area (Å²) in [6, 6.07) is 0. The van der Waals surface area contributed by atoms with Gasteiger partial charge in [-0.2, -0.15) is 0 Å². The van der Waals surface area contributed by atoms with Crippen LogP contribution in [0.4, 0.5) is 0 Å². The summed E-state index contributed by atoms with van der Waals surface area (Å²) in [5, 5.41) is 0. The first-order chi connectivity index (χ1) is 7.61. The van der Waals surface area contributed by atoms with Crippen molar-refractivity contribution in [2.45, 2.75) is 45.1 Å². The molecule has 0 radical (unpaired) electrons. The third-order valence-corrected chi connectivity index (χ3v) is 4.75. The molecule has 0 aromatic rings. The van der Waals surface area contributed by atoms with E-state index in [9.17, 15) is 0 Å². The summed E-state index contributed by atoms with van der Waals surface area (Å²) in [6.45, 7) is 6.79. The van der Waals surface area contributed by atoms with Crippen molar-refractivity contribution >= 4 is 5.96 Å². The van der Waals surface area contributed by atoms with Crippen molar-refractivity contribution in [3.63, 3.8) is 0 Å². The van der Waals surface area contributed by atoms with Crippen molar-refractivity contribution < 1.29 is 0 Å². The summed E-state index contributed by atoms with van der Waals surface area (Å²) in [5.41, 5.74) is 6.37. The molecule has 2 saturated carbocycles. The first-order valence-corrected chi connectivity index (χ1v) is 6.68. The van der Waals surface area contributed by atoms with E-state index < -0.39 is 0 Å². The molecule has 2 N–H and O–H groups in total. The highest BCUT2D eigenvalue weighted by Crippen LogP contribution is 2.49. The highest BCUT2D eigenvalue weighted by atomic mass is 15.4. The fourth-order valence-electron chi connectivity index (χ4n) is 3.22. The van der Waals surface area contributed by atoms with E-state index in [0.717, 1.165) is 30.3 Å². The Morgan fingerprint density at radius 2 is 2.12 bits per heavy atom. The highest BCUT2D eigenvalue weighted by molar-refractivity contribution is 5.81. The van der Waals surface area contributed by atoms with Gasteiger partial charge in [0.1, 0.15) is 0 Å². The maximum Gasteiger partial charge on any atom is 0.191 e. The van der Waals surface area contributed by atoms with Gasteiger partial charge in [0.25, 0.3) is 0 Å². The van der Waals surface area contributed by atoms with Crippen molar-refractivity contribution in [2.75, 3.05) is 13.1 Å². The van der Waals surface area contributed by atoms with Gasteiger partial charge in [0.15, 0.2) is 5.96 Å². The van der Waals surface area contributed by atoms with Crippen LogP contribution < -0.4 is 5.73 Å². The van der Waals surface area contributed by atoms with Gasteiger partial charge < -0.3 is 10.6 Å². The van der Waals surface area contributed by atoms with Crippen LogP contribution in [0.5, 0.6) is 0 Å². The van der Waals surface area contributed by atoms with Gasteiger partial charge >= 0.3 is 0 Å². The lowest BCUT2D eigenvalue weighted by Gasteiger charge is -2.52. The number of nitrogens with zero attached hydrogens (tertiary/aromatic N) is 2. The van der Waals surface area contributed by atoms with Gasteiger partial charge in [-0.05, 0) is 43.4 Å². The topological polar surface area (TPSA) is 41.6 Å². The predicted molar refractivity (Wildman–Crippen MR) is 66.2 cm³/mol. The molecule has 0 amide bonds. The van der Waals surface area contributed by atoms with Crippen LogP contribution in [-0.2, 0) is 0 Å². The standard InChI is InChI=1S/C13H23N3/c1-9(2)11-5-13(6-11)8-15-12(14)16(13)7-10-3-4-10/h9-11H,3-8H2,1-2H3,(H2,14,15). The van der Waals surface area contributed by atoms with Crippen LogP contribution in [0.1, 0.15) is 39.5 Å². The lowest BCUT2D eigenvalue weighted by molar-refractivity contribution is 0.0163. The molecule has 1 aliphatic heterocycles. The molecular formula is C13H23N3. The molecule has 3 rings (SSSR count). The smallest absolute Gasteiger partial charge is 0.191 e. The Hall–Kier alpha value is -0.730. The first-order valence-electron chi connectivity index (χ1n) is 6.68. The first kappa shape index (κ1) is 10.4. The van der Waals surface area contributed by atoms with Crippen molar-refractivity contribution in [2.24, 2.45) is 28.5 Å². The Morgan fingerprint density at radius 1 is 1.44 bits per heavy atom. The van der Waals surface area contributed by atoms with Crippen molar-refractivity contribution in [3.8, 4) is 0 Å². The maximum atomic E-state index is 6.04. The molecule has 0 saturated heterocycles. The van der Waals surface area contributed by atoms with Crippen LogP contribution >= 0.6 is 0 Å². The second-order valence-corrected chi connectivity index (χ2v) is 6.37. The Bertz CT molecular complexity index is 311. The predicted octanol–water partition coefficient (Wildman–Crippen LogP) is 1.83. The Kier molecular flexibility index (Phi) is 2.20. The third kappa shape index (κ3) is 1.52. The molecule has 2 fully saturated rings. The molecule has 0 unspecified atom stereocenters. The molecule has 1 spiro atoms. The zero-order chi connectivity index (χ0) is 11.3. The van der Waals surface area contributed by atoms with E-state index in [1.165, 1.54) is 32.2 Å². The van der Waals surface area contributed by atoms with Gasteiger partial charge in [-0.25, -0.2) is 0 Å². The second-order valence-electron chi connectivity index (χ2n) is 6.37. The largest absolute Gasteiger partial charge is 0.370 e. The number of hydrogen-bond donors (Lipinski definition) is 1. The number of aliphatic imine (C=N–C) groups is 1. The summed E-state index contributed by atoms with van der Waals surface area (Å²) in [6.07, 6.45) is 5.41. The molecule has 16 heavy (non-hydrogen) atoms. The molecule has 0 aromatic carbocycles. The van der Waals surface area contributed by atoms with Gasteiger partial charge in [-0.15, -0.1) is 0 Å². The average Bonchev–Trinajstić information content (AvgIpc) is 2.90. The molecule has 0 atom stereocenters. The molecule has 3 aliphatic rings. The number of nitrogens with two attached hydrogens (primary N) is 1. The minimum absolute atomic E-state index is 0.335. The van der Waals surface area contributed by atoms with Gasteiger partial charge in [-0.1, -0.05) is 13.8 Å². The summed E-state index contributed by atoms with van der Waals surface area (Å²) < 4.78 is 0. The quantitative estimate of drug-likeness (QED) is 0.790. The maximum absolute atomic E-state index is 6.04. The molecule has 0 bridgehead atoms. The summed E-state index contributed by atoms with van der Waals surface area (Å²) in [5.74, 6) is 3.42. The fourth-order valence-corrected chi connectivity index (χ4v) is 3.22. The summed E-state index contributed by atoms with van der Waals surface area (Å²) in [4.78, 5) is 6.92. The zero-order valence-corrected chi connectivity index (χ0v) is 10.4. The monoisotopic (exact) mass is 221 g/mol. The fraction of sp³-hybridized carbons (Fsp3) is 0.923. The van der Waals surface area contributed by atoms with Gasteiger partial charge in [0.05, 0.1) is 12.1 Å². The van der Waals surface area contributed by atoms with E-state index in [4.69, 9.17) is 5.73 Å². The Balaban J connectivity index is 1.67. The number of guanidine groups is 1. The average molecular weight is 221 g/mol. The van der Waals surface area contributed by atoms with Crippen LogP contribution in [-0.4, -0.2) is 29.5 Å². The lowest BCUT2D eigenvalue weighted by atomic mass is 9.63. The normalized spacial score (nSPS) is 38.1. The molecule has 0 aromatic heterocycles. The number of rotatable bonds is 3. The van der Waals surface area contributed by atoms with E-state index in [0.29, 0.717) is 5.54 Å². The van der Waals surface area contributed by atoms with Crippen LogP contribution in [0.15, 0.2) is 4.99 Å². The van der Waals surface area contributed by atoms with Gasteiger partial charge in [-0.3, -0.25) is 4.99 Å². The van der Waals surface area contributed by atoms with E-state index in [1.807, 2.05) is 0 Å². The van der Waals surface area contributed by atoms with Crippen LogP contribution in [0.2, 0.25) is 0 Å². The van der Waals surface area contributed by atoms with Gasteiger partial charge in [0, 0.05) is 6.54 Å². The molecule has 1 heterocycles. The van der Waals surface area contributed by atoms with E-state index >= 15 is 0 Å². The summed E-state index contributed by atoms with van der Waals surface area (Å²) in [7, 11) is 0. The van der Waals surface area contributed by atoms with Crippen LogP contribution in [0, 0.1) is 17.8 Å². The highest BCUT2D eigenvalue weighted by Gasteiger charge is 2.53. The SMILES string of the molecule is CC(C)C1CC2(CN=C(N)N2CC2CC2)C1. The summed E-state index contributed by atoms with van der Waals surface area (Å²) >= 11 is 0. The molecule has 3 heteroatoms. The number of hydrogen-bond acceptors (Lipinski definition) is 3. The Labute approximate surface area is 98.1 Å². The molecule has 3 nitrogen and oxygen atoms in total. The van der Waals surface area contributed by atoms with Crippen molar-refractivity contribution in [1.82, 2.24) is 4.90 Å². The Morgan fingerprint density at radius 3 is 2.69 bits per heavy atom. The van der Waals surface area contributed by atoms with E-state index in [2.05, 4.69) is 23.7 Å². The third-order valence-electron chi connectivity index (χ3n) is 4.75. The van der Waals surface area contributed by atoms with Crippen molar-refractivity contribution in [1.29, 1.82) is 0 Å². The minimum atomic E-state index is 0.335. The van der Waals surface area contributed by atoms with Crippen LogP contribution in [0.25, 0.3) is 0 Å². The van der Waals surface area contributed by atoms with E-state index in [1.54, 1.807) is 0 Å². The zero-order valence-electron chi connectivity index (χ0n) is 10.4. The van der Waals surface area contributed by atoms with Crippen LogP contribution in [0.3, 0.4) is 0 Å². The molecule has 90 valence electrons.